The Bertz CT molecular complexity index is 1140. The van der Waals surface area contributed by atoms with Crippen LogP contribution in [0.1, 0.15) is 51.0 Å². The molecule has 0 bridgehead atoms. The molecule has 194 valence electrons. The molecule has 6 nitrogen and oxygen atoms in total. The van der Waals surface area contributed by atoms with E-state index in [1.54, 1.807) is 12.1 Å². The second-order valence-electron chi connectivity index (χ2n) is 8.04. The number of alkyl halides is 3. The van der Waals surface area contributed by atoms with Crippen LogP contribution < -0.4 is 9.64 Å². The molecule has 2 aromatic heterocycles. The summed E-state index contributed by atoms with van der Waals surface area (Å²) in [5.74, 6) is -1.33. The van der Waals surface area contributed by atoms with Crippen LogP contribution in [0, 0.1) is 5.13 Å². The first-order chi connectivity index (χ1) is 17.3. The molecule has 2 heterocycles. The minimum Gasteiger partial charge on any atom is -0.493 e. The fourth-order valence-corrected chi connectivity index (χ4v) is 4.42. The minimum absolute atomic E-state index is 0.103. The molecule has 0 spiro atoms. The number of carbonyl (C=O) groups excluding carboxylic acids is 1. The summed E-state index contributed by atoms with van der Waals surface area (Å²) in [5, 5.41) is 8.49. The molecule has 0 fully saturated rings. The Kier molecular flexibility index (Phi) is 9.77. The highest BCUT2D eigenvalue weighted by molar-refractivity contribution is 7.14. The molecule has 0 saturated carbocycles. The van der Waals surface area contributed by atoms with Crippen molar-refractivity contribution in [1.29, 1.82) is 0 Å². The lowest BCUT2D eigenvalue weighted by molar-refractivity contribution is -0.139. The van der Waals surface area contributed by atoms with Gasteiger partial charge in [-0.05, 0) is 36.8 Å². The number of amides is 1. The van der Waals surface area contributed by atoms with E-state index in [0.29, 0.717) is 23.3 Å². The van der Waals surface area contributed by atoms with Crippen LogP contribution in [0.2, 0.25) is 0 Å². The zero-order valence-corrected chi connectivity index (χ0v) is 20.5. The van der Waals surface area contributed by atoms with Crippen molar-refractivity contribution in [3.63, 3.8) is 0 Å². The van der Waals surface area contributed by atoms with Crippen LogP contribution in [-0.2, 0) is 11.0 Å². The van der Waals surface area contributed by atoms with Gasteiger partial charge in [0.05, 0.1) is 17.9 Å². The fourth-order valence-electron chi connectivity index (χ4n) is 3.57. The summed E-state index contributed by atoms with van der Waals surface area (Å²) >= 11 is 0.474. The monoisotopic (exact) mass is 525 g/mol. The molecule has 1 amide bonds. The van der Waals surface area contributed by atoms with E-state index in [1.807, 2.05) is 0 Å². The molecule has 0 aliphatic heterocycles. The second-order valence-corrected chi connectivity index (χ2v) is 8.97. The molecule has 0 aliphatic rings. The van der Waals surface area contributed by atoms with Gasteiger partial charge in [-0.3, -0.25) is 14.7 Å². The van der Waals surface area contributed by atoms with Gasteiger partial charge in [0.2, 0.25) is 5.13 Å². The number of nitrogens with zero attached hydrogens (tertiary/aromatic N) is 3. The number of thiazole rings is 1. The Labute approximate surface area is 210 Å². The summed E-state index contributed by atoms with van der Waals surface area (Å²) in [7, 11) is 0. The van der Waals surface area contributed by atoms with Gasteiger partial charge in [0.15, 0.2) is 5.13 Å². The zero-order chi connectivity index (χ0) is 26.1. The van der Waals surface area contributed by atoms with Crippen molar-refractivity contribution in [3.8, 4) is 17.0 Å². The lowest BCUT2D eigenvalue weighted by atomic mass is 10.1. The number of halogens is 4. The number of aliphatic hydroxyl groups is 1. The average molecular weight is 526 g/mol. The van der Waals surface area contributed by atoms with Gasteiger partial charge in [0.1, 0.15) is 18.1 Å². The van der Waals surface area contributed by atoms with Crippen molar-refractivity contribution in [2.45, 2.75) is 51.6 Å². The van der Waals surface area contributed by atoms with E-state index in [-0.39, 0.29) is 28.9 Å². The van der Waals surface area contributed by atoms with Gasteiger partial charge in [-0.2, -0.15) is 17.6 Å². The molecule has 0 saturated heterocycles. The van der Waals surface area contributed by atoms with E-state index in [9.17, 15) is 27.5 Å². The van der Waals surface area contributed by atoms with E-state index in [1.165, 1.54) is 18.5 Å². The van der Waals surface area contributed by atoms with Gasteiger partial charge in [0, 0.05) is 18.0 Å². The third-order valence-corrected chi connectivity index (χ3v) is 6.20. The Balaban J connectivity index is 1.88. The van der Waals surface area contributed by atoms with E-state index in [2.05, 4.69) is 16.9 Å². The largest absolute Gasteiger partial charge is 0.493 e. The van der Waals surface area contributed by atoms with Crippen LogP contribution in [0.15, 0.2) is 42.7 Å². The zero-order valence-electron chi connectivity index (χ0n) is 19.7. The van der Waals surface area contributed by atoms with Crippen molar-refractivity contribution < 1.29 is 32.2 Å². The van der Waals surface area contributed by atoms with E-state index < -0.39 is 29.4 Å². The molecule has 11 heteroatoms. The fraction of sp³-hybridized carbons (Fsp3) is 0.400. The number of benzene rings is 1. The predicted molar refractivity (Wildman–Crippen MR) is 130 cm³/mol. The van der Waals surface area contributed by atoms with Gasteiger partial charge in [0.25, 0.3) is 5.91 Å². The Morgan fingerprint density at radius 1 is 1.14 bits per heavy atom. The Hall–Kier alpha value is -3.05. The van der Waals surface area contributed by atoms with E-state index in [0.717, 1.165) is 49.1 Å². The number of rotatable bonds is 12. The van der Waals surface area contributed by atoms with E-state index >= 15 is 0 Å². The Morgan fingerprint density at radius 3 is 2.56 bits per heavy atom. The number of aromatic nitrogens is 2. The van der Waals surface area contributed by atoms with Gasteiger partial charge in [-0.25, -0.2) is 4.98 Å². The SMILES string of the molecule is CCCCCCCCOc1ccc(N(C(=O)CO)c2nc(-c3cccnc3)c(F)s2)cc1C(F)(F)F. The summed E-state index contributed by atoms with van der Waals surface area (Å²) in [6, 6.07) is 6.25. The molecular weight excluding hydrogens is 498 g/mol. The maximum absolute atomic E-state index is 14.7. The number of hydrogen-bond acceptors (Lipinski definition) is 6. The number of carbonyl (C=O) groups is 1. The van der Waals surface area contributed by atoms with Gasteiger partial charge in [-0.15, -0.1) is 0 Å². The van der Waals surface area contributed by atoms with Crippen molar-refractivity contribution in [2.75, 3.05) is 18.1 Å². The molecule has 1 N–H and O–H groups in total. The highest BCUT2D eigenvalue weighted by Gasteiger charge is 2.36. The van der Waals surface area contributed by atoms with Gasteiger partial charge >= 0.3 is 6.18 Å². The molecule has 3 rings (SSSR count). The van der Waals surface area contributed by atoms with Crippen LogP contribution >= 0.6 is 11.3 Å². The maximum atomic E-state index is 14.7. The van der Waals surface area contributed by atoms with Crippen LogP contribution in [0.4, 0.5) is 28.4 Å². The topological polar surface area (TPSA) is 75.5 Å². The molecule has 1 aromatic carbocycles. The first-order valence-corrected chi connectivity index (χ1v) is 12.4. The minimum atomic E-state index is -4.77. The smallest absolute Gasteiger partial charge is 0.420 e. The molecule has 0 aliphatic carbocycles. The van der Waals surface area contributed by atoms with Gasteiger partial charge < -0.3 is 9.84 Å². The number of pyridine rings is 1. The summed E-state index contributed by atoms with van der Waals surface area (Å²) in [6.45, 7) is 1.21. The highest BCUT2D eigenvalue weighted by Crippen LogP contribution is 2.41. The third-order valence-electron chi connectivity index (χ3n) is 5.37. The normalized spacial score (nSPS) is 11.5. The number of ether oxygens (including phenoxy) is 1. The van der Waals surface area contributed by atoms with Gasteiger partial charge in [-0.1, -0.05) is 50.4 Å². The Morgan fingerprint density at radius 2 is 1.89 bits per heavy atom. The summed E-state index contributed by atoms with van der Waals surface area (Å²) in [6.07, 6.45) is 3.86. The van der Waals surface area contributed by atoms with Crippen LogP contribution in [0.3, 0.4) is 0 Å². The predicted octanol–water partition coefficient (Wildman–Crippen LogP) is 6.76. The van der Waals surface area contributed by atoms with Crippen molar-refractivity contribution in [1.82, 2.24) is 9.97 Å². The average Bonchev–Trinajstić information content (AvgIpc) is 3.24. The van der Waals surface area contributed by atoms with Crippen molar-refractivity contribution in [2.24, 2.45) is 0 Å². The summed E-state index contributed by atoms with van der Waals surface area (Å²) < 4.78 is 61.7. The molecule has 0 atom stereocenters. The van der Waals surface area contributed by atoms with E-state index in [4.69, 9.17) is 4.74 Å². The number of anilines is 2. The lowest BCUT2D eigenvalue weighted by Gasteiger charge is -2.22. The van der Waals surface area contributed by atoms with Crippen LogP contribution in [-0.4, -0.2) is 34.2 Å². The van der Waals surface area contributed by atoms with Crippen LogP contribution in [0.25, 0.3) is 11.3 Å². The number of hydrogen-bond donors (Lipinski definition) is 1. The third kappa shape index (κ3) is 7.01. The maximum Gasteiger partial charge on any atom is 0.420 e. The number of aliphatic hydroxyl groups excluding tert-OH is 1. The van der Waals surface area contributed by atoms with Crippen LogP contribution in [0.5, 0.6) is 5.75 Å². The first kappa shape index (κ1) is 27.5. The quantitative estimate of drug-likeness (QED) is 0.209. The summed E-state index contributed by atoms with van der Waals surface area (Å²) in [4.78, 5) is 21.3. The molecule has 36 heavy (non-hydrogen) atoms. The highest BCUT2D eigenvalue weighted by atomic mass is 32.1. The molecule has 3 aromatic rings. The number of unbranched alkanes of at least 4 members (excludes halogenated alkanes) is 5. The first-order valence-electron chi connectivity index (χ1n) is 11.6. The lowest BCUT2D eigenvalue weighted by Crippen LogP contribution is -2.29. The van der Waals surface area contributed by atoms with Crippen molar-refractivity contribution in [3.05, 3.63) is 53.4 Å². The standard InChI is InChI=1S/C25H27F4N3O3S/c1-2-3-4-5-6-7-13-35-20-11-10-18(14-19(20)25(27,28)29)32(21(34)16-33)24-31-22(23(26)36-24)17-9-8-12-30-15-17/h8-12,14-15,33H,2-7,13,16H2,1H3. The second kappa shape index (κ2) is 12.8. The summed E-state index contributed by atoms with van der Waals surface area (Å²) in [5.41, 5.74) is -1.07. The molecular formula is C25H27F4N3O3S. The molecule has 0 radical (unpaired) electrons. The van der Waals surface area contributed by atoms with Crippen molar-refractivity contribution >= 4 is 28.1 Å². The molecule has 0 unspecified atom stereocenters.